The van der Waals surface area contributed by atoms with Crippen LogP contribution in [0.5, 0.6) is 0 Å². The van der Waals surface area contributed by atoms with Crippen molar-refractivity contribution >= 4 is 26.9 Å². The van der Waals surface area contributed by atoms with Crippen LogP contribution in [0.4, 0.5) is 13.2 Å². The van der Waals surface area contributed by atoms with Gasteiger partial charge in [-0.15, -0.1) is 0 Å². The van der Waals surface area contributed by atoms with E-state index in [0.29, 0.717) is 5.89 Å². The number of hydrogen-bond donors (Lipinski definition) is 1. The highest BCUT2D eigenvalue weighted by Crippen LogP contribution is 2.33. The summed E-state index contributed by atoms with van der Waals surface area (Å²) in [6.07, 6.45) is -4.13. The van der Waals surface area contributed by atoms with Crippen LogP contribution >= 0.6 is 0 Å². The van der Waals surface area contributed by atoms with Crippen LogP contribution in [0.15, 0.2) is 63.3 Å². The number of nitriles is 1. The number of nitrogens with zero attached hydrogens (tertiary/aromatic N) is 2. The molecule has 3 rings (SSSR count). The number of carboxylic acid groups (broad SMARTS) is 1. The molecule has 11 heteroatoms. The smallest absolute Gasteiger partial charge is 0.475 e. The van der Waals surface area contributed by atoms with Crippen LogP contribution in [0.2, 0.25) is 0 Å². The highest BCUT2D eigenvalue weighted by atomic mass is 32.2. The number of sulfone groups is 1. The minimum absolute atomic E-state index is 0.136. The van der Waals surface area contributed by atoms with Crippen molar-refractivity contribution in [3.63, 3.8) is 0 Å². The molecule has 2 aromatic carbocycles. The summed E-state index contributed by atoms with van der Waals surface area (Å²) in [5, 5.41) is 16.5. The number of carbonyl (C=O) groups is 1. The lowest BCUT2D eigenvalue weighted by molar-refractivity contribution is -0.192. The molecule has 0 aliphatic carbocycles. The summed E-state index contributed by atoms with van der Waals surface area (Å²) >= 11 is 0. The van der Waals surface area contributed by atoms with Gasteiger partial charge < -0.3 is 9.52 Å². The number of alkyl halides is 3. The number of aryl methyl sites for hydroxylation is 1. The normalized spacial score (nSPS) is 12.3. The Bertz CT molecular complexity index is 1330. The summed E-state index contributed by atoms with van der Waals surface area (Å²) in [5.74, 6) is -2.19. The molecule has 0 saturated heterocycles. The number of rotatable bonds is 4. The van der Waals surface area contributed by atoms with Gasteiger partial charge in [-0.1, -0.05) is 18.2 Å². The molecule has 3 aromatic rings. The summed E-state index contributed by atoms with van der Waals surface area (Å²) in [4.78, 5) is 13.6. The minimum atomic E-state index is -5.08. The third kappa shape index (κ3) is 6.20. The van der Waals surface area contributed by atoms with Gasteiger partial charge in [0, 0.05) is 11.5 Å². The van der Waals surface area contributed by atoms with Crippen LogP contribution in [-0.2, 0) is 20.0 Å². The van der Waals surface area contributed by atoms with Gasteiger partial charge in [-0.25, -0.2) is 18.2 Å². The molecular formula is C22H19F3N2O5S. The van der Waals surface area contributed by atoms with E-state index >= 15 is 0 Å². The zero-order chi connectivity index (χ0) is 25.0. The average Bonchev–Trinajstić information content (AvgIpc) is 3.16. The second-order valence-corrected chi connectivity index (χ2v) is 9.25. The van der Waals surface area contributed by atoms with E-state index in [1.807, 2.05) is 39.0 Å². The van der Waals surface area contributed by atoms with Gasteiger partial charge in [0.1, 0.15) is 5.52 Å². The van der Waals surface area contributed by atoms with E-state index in [1.165, 1.54) is 12.1 Å². The van der Waals surface area contributed by atoms with E-state index in [9.17, 15) is 21.6 Å². The third-order valence-corrected chi connectivity index (χ3v) is 5.97. The summed E-state index contributed by atoms with van der Waals surface area (Å²) in [6.45, 7) is 5.95. The predicted octanol–water partition coefficient (Wildman–Crippen LogP) is 4.91. The van der Waals surface area contributed by atoms with Crippen molar-refractivity contribution in [2.45, 2.75) is 37.3 Å². The van der Waals surface area contributed by atoms with E-state index in [2.05, 4.69) is 4.98 Å². The number of hydrogen-bond acceptors (Lipinski definition) is 6. The summed E-state index contributed by atoms with van der Waals surface area (Å²) in [6, 6.07) is 14.1. The number of carboxylic acids is 1. The van der Waals surface area contributed by atoms with Crippen LogP contribution in [0, 0.1) is 18.3 Å². The molecule has 0 radical (unpaired) electrons. The van der Waals surface area contributed by atoms with Crippen molar-refractivity contribution in [3.05, 3.63) is 71.0 Å². The van der Waals surface area contributed by atoms with Crippen LogP contribution < -0.4 is 0 Å². The lowest BCUT2D eigenvalue weighted by Crippen LogP contribution is -2.21. The molecule has 33 heavy (non-hydrogen) atoms. The highest BCUT2D eigenvalue weighted by molar-refractivity contribution is 7.94. The van der Waals surface area contributed by atoms with Gasteiger partial charge in [0.15, 0.2) is 5.58 Å². The summed E-state index contributed by atoms with van der Waals surface area (Å²) < 4.78 is 61.9. The molecular weight excluding hydrogens is 461 g/mol. The number of allylic oxidation sites excluding steroid dienone is 1. The fourth-order valence-corrected chi connectivity index (χ4v) is 3.60. The molecule has 0 unspecified atom stereocenters. The first-order chi connectivity index (χ1) is 15.2. The zero-order valence-corrected chi connectivity index (χ0v) is 18.5. The Labute approximate surface area is 187 Å². The van der Waals surface area contributed by atoms with E-state index in [0.717, 1.165) is 33.7 Å². The van der Waals surface area contributed by atoms with Crippen molar-refractivity contribution < 1.29 is 35.9 Å². The molecule has 0 fully saturated rings. The Morgan fingerprint density at radius 3 is 2.24 bits per heavy atom. The van der Waals surface area contributed by atoms with Crippen molar-refractivity contribution in [1.82, 2.24) is 4.98 Å². The van der Waals surface area contributed by atoms with Gasteiger partial charge in [-0.2, -0.15) is 18.4 Å². The van der Waals surface area contributed by atoms with Crippen LogP contribution in [0.25, 0.3) is 11.1 Å². The Balaban J connectivity index is 0.000000479. The molecule has 174 valence electrons. The van der Waals surface area contributed by atoms with Gasteiger partial charge in [0.25, 0.3) is 0 Å². The molecule has 0 spiro atoms. The van der Waals surface area contributed by atoms with E-state index in [1.54, 1.807) is 18.2 Å². The van der Waals surface area contributed by atoms with Gasteiger partial charge in [-0.3, -0.25) is 0 Å². The quantitative estimate of drug-likeness (QED) is 0.527. The Hall–Kier alpha value is -3.65. The Morgan fingerprint density at radius 1 is 1.15 bits per heavy atom. The maximum Gasteiger partial charge on any atom is 0.490 e. The van der Waals surface area contributed by atoms with Gasteiger partial charge >= 0.3 is 12.1 Å². The topological polar surface area (TPSA) is 121 Å². The number of aliphatic carboxylic acids is 1. The number of fused-ring (bicyclic) bond motifs is 1. The summed E-state index contributed by atoms with van der Waals surface area (Å²) in [7, 11) is -3.62. The second-order valence-electron chi connectivity index (χ2n) is 7.42. The molecule has 0 atom stereocenters. The number of benzene rings is 2. The SMILES string of the molecule is Cc1ccc2oc(C(C)(C)c3ccc(S(=O)(=O)C=CC#N)cc3)nc2c1.O=C(O)C(F)(F)F. The molecule has 1 heterocycles. The number of oxazole rings is 1. The first-order valence-corrected chi connectivity index (χ1v) is 10.8. The van der Waals surface area contributed by atoms with Gasteiger partial charge in [0.05, 0.1) is 16.4 Å². The molecule has 0 aliphatic rings. The van der Waals surface area contributed by atoms with Crippen molar-refractivity contribution in [3.8, 4) is 6.07 Å². The fourth-order valence-electron chi connectivity index (χ4n) is 2.69. The van der Waals surface area contributed by atoms with Crippen LogP contribution in [0.1, 0.15) is 30.9 Å². The molecule has 0 saturated carbocycles. The number of halogens is 3. The Kier molecular flexibility index (Phi) is 7.34. The van der Waals surface area contributed by atoms with Crippen LogP contribution in [0.3, 0.4) is 0 Å². The third-order valence-electron chi connectivity index (χ3n) is 4.55. The first kappa shape index (κ1) is 25.6. The molecule has 7 nitrogen and oxygen atoms in total. The van der Waals surface area contributed by atoms with Gasteiger partial charge in [-0.05, 0) is 56.2 Å². The van der Waals surface area contributed by atoms with Crippen molar-refractivity contribution in [1.29, 1.82) is 5.26 Å². The molecule has 0 amide bonds. The standard InChI is InChI=1S/C20H18N2O3S.C2HF3O2/c1-14-5-10-18-17(13-14)22-19(25-18)20(2,3)15-6-8-16(9-7-15)26(23,24)12-4-11-21;3-2(4,5)1(6)7/h4-10,12-13H,1-3H3;(H,6,7). The highest BCUT2D eigenvalue weighted by Gasteiger charge is 2.38. The average molecular weight is 480 g/mol. The summed E-state index contributed by atoms with van der Waals surface area (Å²) in [5.41, 5.74) is 2.98. The van der Waals surface area contributed by atoms with Crippen LogP contribution in [-0.4, -0.2) is 30.7 Å². The zero-order valence-electron chi connectivity index (χ0n) is 17.7. The van der Waals surface area contributed by atoms with Crippen molar-refractivity contribution in [2.75, 3.05) is 0 Å². The van der Waals surface area contributed by atoms with E-state index < -0.39 is 27.4 Å². The van der Waals surface area contributed by atoms with Gasteiger partial charge in [0.2, 0.25) is 15.7 Å². The maximum absolute atomic E-state index is 12.1. The number of aromatic nitrogens is 1. The minimum Gasteiger partial charge on any atom is -0.475 e. The van der Waals surface area contributed by atoms with E-state index in [4.69, 9.17) is 19.6 Å². The monoisotopic (exact) mass is 480 g/mol. The van der Waals surface area contributed by atoms with Crippen molar-refractivity contribution in [2.24, 2.45) is 0 Å². The van der Waals surface area contributed by atoms with E-state index in [-0.39, 0.29) is 4.90 Å². The second kappa shape index (κ2) is 9.46. The molecule has 1 N–H and O–H groups in total. The fraction of sp³-hybridized carbons (Fsp3) is 0.227. The Morgan fingerprint density at radius 2 is 1.73 bits per heavy atom. The maximum atomic E-state index is 12.1. The molecule has 1 aromatic heterocycles. The molecule has 0 bridgehead atoms. The predicted molar refractivity (Wildman–Crippen MR) is 113 cm³/mol. The first-order valence-electron chi connectivity index (χ1n) is 9.28. The lowest BCUT2D eigenvalue weighted by atomic mass is 9.84. The largest absolute Gasteiger partial charge is 0.490 e. The lowest BCUT2D eigenvalue weighted by Gasteiger charge is -2.21. The molecule has 0 aliphatic heterocycles.